The minimum absolute atomic E-state index is 0.379. The number of ether oxygens (including phenoxy) is 1. The quantitative estimate of drug-likeness (QED) is 0.932. The van der Waals surface area contributed by atoms with Crippen LogP contribution in [0.15, 0.2) is 36.7 Å². The molecule has 1 aromatic heterocycles. The normalized spacial score (nSPS) is 11.3. The largest absolute Gasteiger partial charge is 0.444 e. The molecule has 20 heavy (non-hydrogen) atoms. The van der Waals surface area contributed by atoms with Crippen LogP contribution in [0.5, 0.6) is 0 Å². The van der Waals surface area contributed by atoms with Gasteiger partial charge in [-0.2, -0.15) is 0 Å². The number of fused-ring (bicyclic) bond motifs is 1. The number of rotatable bonds is 3. The van der Waals surface area contributed by atoms with Gasteiger partial charge >= 0.3 is 6.09 Å². The first-order valence-electron chi connectivity index (χ1n) is 6.74. The fourth-order valence-electron chi connectivity index (χ4n) is 2.01. The molecular formula is C16H20N2O2. The fraction of sp³-hybridized carbons (Fsp3) is 0.375. The Morgan fingerprint density at radius 3 is 2.85 bits per heavy atom. The number of nitrogens with one attached hydrogen (secondary N) is 1. The van der Waals surface area contributed by atoms with E-state index >= 15 is 0 Å². The molecule has 1 heterocycles. The molecule has 1 N–H and O–H groups in total. The van der Waals surface area contributed by atoms with Crippen molar-refractivity contribution in [3.05, 3.63) is 42.2 Å². The van der Waals surface area contributed by atoms with Gasteiger partial charge in [0.15, 0.2) is 0 Å². The second kappa shape index (κ2) is 5.90. The van der Waals surface area contributed by atoms with Gasteiger partial charge in [-0.15, -0.1) is 0 Å². The first-order chi connectivity index (χ1) is 9.46. The third-order valence-corrected chi connectivity index (χ3v) is 2.84. The molecule has 0 radical (unpaired) electrons. The van der Waals surface area contributed by atoms with E-state index in [2.05, 4.69) is 22.4 Å². The minimum atomic E-state index is -0.465. The first-order valence-corrected chi connectivity index (χ1v) is 6.74. The molecule has 0 spiro atoms. The lowest BCUT2D eigenvalue weighted by molar-refractivity contribution is 0.0528. The van der Waals surface area contributed by atoms with Crippen LogP contribution in [0.4, 0.5) is 4.79 Å². The number of aromatic nitrogens is 1. The topological polar surface area (TPSA) is 51.2 Å². The predicted octanol–water partition coefficient (Wildman–Crippen LogP) is 3.30. The lowest BCUT2D eigenvalue weighted by Crippen LogP contribution is -2.33. The Kier molecular flexibility index (Phi) is 4.23. The summed E-state index contributed by atoms with van der Waals surface area (Å²) in [6.07, 6.45) is 4.02. The smallest absolute Gasteiger partial charge is 0.407 e. The molecule has 1 amide bonds. The molecule has 2 rings (SSSR count). The highest BCUT2D eigenvalue weighted by molar-refractivity contribution is 5.84. The summed E-state index contributed by atoms with van der Waals surface area (Å²) in [7, 11) is 0. The summed E-state index contributed by atoms with van der Waals surface area (Å²) in [5.41, 5.74) is 0.708. The molecule has 0 fully saturated rings. The molecule has 0 aliphatic heterocycles. The van der Waals surface area contributed by atoms with Gasteiger partial charge in [-0.1, -0.05) is 18.2 Å². The maximum absolute atomic E-state index is 11.6. The summed E-state index contributed by atoms with van der Waals surface area (Å²) < 4.78 is 5.20. The molecule has 0 unspecified atom stereocenters. The van der Waals surface area contributed by atoms with Gasteiger partial charge in [0.2, 0.25) is 0 Å². The van der Waals surface area contributed by atoms with E-state index in [4.69, 9.17) is 4.74 Å². The molecule has 0 saturated heterocycles. The van der Waals surface area contributed by atoms with Gasteiger partial charge in [0.05, 0.1) is 0 Å². The van der Waals surface area contributed by atoms with Crippen molar-refractivity contribution in [2.45, 2.75) is 32.8 Å². The fourth-order valence-corrected chi connectivity index (χ4v) is 2.01. The van der Waals surface area contributed by atoms with Crippen molar-refractivity contribution in [1.82, 2.24) is 10.3 Å². The summed E-state index contributed by atoms with van der Waals surface area (Å²) in [5.74, 6) is 0. The monoisotopic (exact) mass is 272 g/mol. The number of hydrogen-bond acceptors (Lipinski definition) is 3. The van der Waals surface area contributed by atoms with Crippen LogP contribution in [0.1, 0.15) is 26.3 Å². The third kappa shape index (κ3) is 3.95. The standard InChI is InChI=1S/C16H20N2O2/c1-16(2,3)20-15(19)18-10-8-13-6-4-5-12-7-9-17-11-14(12)13/h4-7,9,11H,8,10H2,1-3H3,(H,18,19). The number of pyridine rings is 1. The molecule has 0 bridgehead atoms. The van der Waals surface area contributed by atoms with E-state index in [-0.39, 0.29) is 6.09 Å². The van der Waals surface area contributed by atoms with Gasteiger partial charge in [-0.25, -0.2) is 4.79 Å². The Hall–Kier alpha value is -2.10. The maximum Gasteiger partial charge on any atom is 0.407 e. The van der Waals surface area contributed by atoms with Crippen molar-refractivity contribution < 1.29 is 9.53 Å². The molecule has 4 nitrogen and oxygen atoms in total. The summed E-state index contributed by atoms with van der Waals surface area (Å²) >= 11 is 0. The molecule has 0 saturated carbocycles. The highest BCUT2D eigenvalue weighted by atomic mass is 16.6. The highest BCUT2D eigenvalue weighted by Gasteiger charge is 2.15. The summed E-state index contributed by atoms with van der Waals surface area (Å²) in [6.45, 7) is 6.10. The van der Waals surface area contributed by atoms with E-state index in [9.17, 15) is 4.79 Å². The summed E-state index contributed by atoms with van der Waals surface area (Å²) in [6, 6.07) is 8.12. The zero-order chi connectivity index (χ0) is 14.6. The van der Waals surface area contributed by atoms with Crippen molar-refractivity contribution in [2.75, 3.05) is 6.54 Å². The molecule has 4 heteroatoms. The van der Waals surface area contributed by atoms with Crippen LogP contribution in [-0.4, -0.2) is 23.2 Å². The van der Waals surface area contributed by atoms with Crippen molar-refractivity contribution >= 4 is 16.9 Å². The van der Waals surface area contributed by atoms with Crippen molar-refractivity contribution in [3.63, 3.8) is 0 Å². The first kappa shape index (κ1) is 14.3. The van der Waals surface area contributed by atoms with Crippen molar-refractivity contribution in [2.24, 2.45) is 0 Å². The Bertz CT molecular complexity index is 597. The maximum atomic E-state index is 11.6. The van der Waals surface area contributed by atoms with Crippen LogP contribution in [0.3, 0.4) is 0 Å². The number of carbonyl (C=O) groups excluding carboxylic acids is 1. The van der Waals surface area contributed by atoms with E-state index in [1.54, 1.807) is 6.20 Å². The van der Waals surface area contributed by atoms with E-state index < -0.39 is 5.60 Å². The number of hydrogen-bond donors (Lipinski definition) is 1. The van der Waals surface area contributed by atoms with E-state index in [0.717, 1.165) is 17.2 Å². The Labute approximate surface area is 119 Å². The van der Waals surface area contributed by atoms with Crippen molar-refractivity contribution in [3.8, 4) is 0 Å². The Morgan fingerprint density at radius 1 is 1.30 bits per heavy atom. The Morgan fingerprint density at radius 2 is 2.10 bits per heavy atom. The van der Waals surface area contributed by atoms with Crippen LogP contribution < -0.4 is 5.32 Å². The van der Waals surface area contributed by atoms with Gasteiger partial charge in [-0.3, -0.25) is 4.98 Å². The third-order valence-electron chi connectivity index (χ3n) is 2.84. The van der Waals surface area contributed by atoms with Gasteiger partial charge < -0.3 is 10.1 Å². The van der Waals surface area contributed by atoms with Gasteiger partial charge in [0.25, 0.3) is 0 Å². The zero-order valence-electron chi connectivity index (χ0n) is 12.1. The average molecular weight is 272 g/mol. The van der Waals surface area contributed by atoms with Crippen LogP contribution >= 0.6 is 0 Å². The lowest BCUT2D eigenvalue weighted by Gasteiger charge is -2.19. The molecule has 1 aromatic carbocycles. The minimum Gasteiger partial charge on any atom is -0.444 e. The molecule has 0 aliphatic rings. The van der Waals surface area contributed by atoms with Crippen LogP contribution in [-0.2, 0) is 11.2 Å². The van der Waals surface area contributed by atoms with Crippen LogP contribution in [0, 0.1) is 0 Å². The number of nitrogens with zero attached hydrogens (tertiary/aromatic N) is 1. The Balaban J connectivity index is 1.95. The number of alkyl carbamates (subject to hydrolysis) is 1. The second-order valence-corrected chi connectivity index (χ2v) is 5.69. The number of benzene rings is 1. The van der Waals surface area contributed by atoms with Gasteiger partial charge in [0, 0.05) is 24.3 Å². The number of carbonyl (C=O) groups is 1. The van der Waals surface area contributed by atoms with E-state index in [0.29, 0.717) is 6.54 Å². The second-order valence-electron chi connectivity index (χ2n) is 5.69. The van der Waals surface area contributed by atoms with Crippen LogP contribution in [0.2, 0.25) is 0 Å². The highest BCUT2D eigenvalue weighted by Crippen LogP contribution is 2.17. The van der Waals surface area contributed by atoms with Gasteiger partial charge in [-0.05, 0) is 44.2 Å². The van der Waals surface area contributed by atoms with E-state index in [1.165, 1.54) is 5.56 Å². The average Bonchev–Trinajstić information content (AvgIpc) is 2.37. The predicted molar refractivity (Wildman–Crippen MR) is 79.7 cm³/mol. The molecule has 2 aromatic rings. The zero-order valence-corrected chi connectivity index (χ0v) is 12.1. The molecule has 0 aliphatic carbocycles. The summed E-state index contributed by atoms with van der Waals surface area (Å²) in [5, 5.41) is 5.06. The number of amides is 1. The van der Waals surface area contributed by atoms with E-state index in [1.807, 2.05) is 39.1 Å². The molecular weight excluding hydrogens is 252 g/mol. The SMILES string of the molecule is CC(C)(C)OC(=O)NCCc1cccc2ccncc12. The molecule has 0 atom stereocenters. The van der Waals surface area contributed by atoms with Crippen molar-refractivity contribution in [1.29, 1.82) is 0 Å². The lowest BCUT2D eigenvalue weighted by atomic mass is 10.0. The van der Waals surface area contributed by atoms with Gasteiger partial charge in [0.1, 0.15) is 5.60 Å². The molecule has 106 valence electrons. The summed E-state index contributed by atoms with van der Waals surface area (Å²) in [4.78, 5) is 15.7. The van der Waals surface area contributed by atoms with Crippen LogP contribution in [0.25, 0.3) is 10.8 Å².